The second-order valence-electron chi connectivity index (χ2n) is 4.57. The summed E-state index contributed by atoms with van der Waals surface area (Å²) in [5.74, 6) is -0.320. The Kier molecular flexibility index (Phi) is 4.89. The van der Waals surface area contributed by atoms with Gasteiger partial charge < -0.3 is 5.32 Å². The summed E-state index contributed by atoms with van der Waals surface area (Å²) in [5.41, 5.74) is 1.86. The van der Waals surface area contributed by atoms with Crippen molar-refractivity contribution in [3.05, 3.63) is 58.0 Å². The average Bonchev–Trinajstić information content (AvgIpc) is 3.05. The number of thiazole rings is 1. The van der Waals surface area contributed by atoms with Gasteiger partial charge in [0.05, 0.1) is 21.4 Å². The van der Waals surface area contributed by atoms with Gasteiger partial charge in [-0.25, -0.2) is 15.0 Å². The van der Waals surface area contributed by atoms with Crippen molar-refractivity contribution in [2.45, 2.75) is 6.42 Å². The van der Waals surface area contributed by atoms with Gasteiger partial charge in [-0.3, -0.25) is 9.78 Å². The van der Waals surface area contributed by atoms with Crippen molar-refractivity contribution in [1.82, 2.24) is 25.3 Å². The fourth-order valence-corrected chi connectivity index (χ4v) is 2.89. The first kappa shape index (κ1) is 15.5. The Hall–Kier alpha value is -2.38. The van der Waals surface area contributed by atoms with Gasteiger partial charge in [-0.1, -0.05) is 17.7 Å². The number of halogens is 1. The quantitative estimate of drug-likeness (QED) is 0.768. The van der Waals surface area contributed by atoms with E-state index in [1.807, 2.05) is 23.6 Å². The van der Waals surface area contributed by atoms with Gasteiger partial charge in [0.15, 0.2) is 0 Å². The zero-order valence-electron chi connectivity index (χ0n) is 11.9. The Labute approximate surface area is 141 Å². The van der Waals surface area contributed by atoms with Gasteiger partial charge in [0.2, 0.25) is 0 Å². The molecule has 0 atom stereocenters. The molecule has 6 nitrogen and oxygen atoms in total. The van der Waals surface area contributed by atoms with Crippen molar-refractivity contribution >= 4 is 28.8 Å². The van der Waals surface area contributed by atoms with Crippen LogP contribution in [0.2, 0.25) is 5.02 Å². The van der Waals surface area contributed by atoms with Gasteiger partial charge in [-0.2, -0.15) is 0 Å². The highest BCUT2D eigenvalue weighted by Gasteiger charge is 2.12. The molecule has 3 aromatic heterocycles. The monoisotopic (exact) mass is 345 g/mol. The Morgan fingerprint density at radius 1 is 1.26 bits per heavy atom. The minimum Gasteiger partial charge on any atom is -0.350 e. The van der Waals surface area contributed by atoms with Crippen LogP contribution in [0.3, 0.4) is 0 Å². The van der Waals surface area contributed by atoms with Gasteiger partial charge in [-0.15, -0.1) is 11.3 Å². The largest absolute Gasteiger partial charge is 0.350 e. The molecule has 0 aliphatic rings. The molecule has 0 saturated heterocycles. The van der Waals surface area contributed by atoms with Crippen LogP contribution in [0.15, 0.2) is 42.3 Å². The van der Waals surface area contributed by atoms with Crippen LogP contribution in [0.5, 0.6) is 0 Å². The molecule has 116 valence electrons. The summed E-state index contributed by atoms with van der Waals surface area (Å²) >= 11 is 7.42. The Morgan fingerprint density at radius 2 is 2.17 bits per heavy atom. The molecule has 1 N–H and O–H groups in total. The van der Waals surface area contributed by atoms with E-state index in [9.17, 15) is 4.79 Å². The molecule has 0 spiro atoms. The minimum atomic E-state index is -0.320. The third-order valence-corrected chi connectivity index (χ3v) is 4.17. The molecule has 3 aromatic rings. The molecule has 0 fully saturated rings. The van der Waals surface area contributed by atoms with Crippen molar-refractivity contribution in [2.24, 2.45) is 0 Å². The first-order valence-electron chi connectivity index (χ1n) is 6.83. The smallest absolute Gasteiger partial charge is 0.271 e. The number of hydrogen-bond acceptors (Lipinski definition) is 6. The van der Waals surface area contributed by atoms with Crippen LogP contribution in [0.25, 0.3) is 11.4 Å². The number of amides is 1. The molecular weight excluding hydrogens is 334 g/mol. The maximum absolute atomic E-state index is 12.0. The second-order valence-corrected chi connectivity index (χ2v) is 5.92. The summed E-state index contributed by atoms with van der Waals surface area (Å²) in [6.07, 6.45) is 5.05. The Bertz CT molecular complexity index is 808. The SMILES string of the molecule is O=C(NCCc1nc(-c2ccccn2)cs1)c1ncncc1Cl. The highest BCUT2D eigenvalue weighted by molar-refractivity contribution is 7.09. The van der Waals surface area contributed by atoms with Crippen molar-refractivity contribution in [2.75, 3.05) is 6.54 Å². The molecule has 0 radical (unpaired) electrons. The third kappa shape index (κ3) is 3.88. The lowest BCUT2D eigenvalue weighted by atomic mass is 10.3. The summed E-state index contributed by atoms with van der Waals surface area (Å²) in [4.78, 5) is 28.4. The van der Waals surface area contributed by atoms with Crippen molar-refractivity contribution < 1.29 is 4.79 Å². The number of hydrogen-bond donors (Lipinski definition) is 1. The van der Waals surface area contributed by atoms with Gasteiger partial charge in [0.25, 0.3) is 5.91 Å². The molecule has 0 aliphatic heterocycles. The van der Waals surface area contributed by atoms with Crippen LogP contribution >= 0.6 is 22.9 Å². The number of nitrogens with one attached hydrogen (secondary N) is 1. The van der Waals surface area contributed by atoms with Gasteiger partial charge in [0, 0.05) is 30.7 Å². The molecule has 0 aliphatic carbocycles. The summed E-state index contributed by atoms with van der Waals surface area (Å²) in [6.45, 7) is 0.453. The fourth-order valence-electron chi connectivity index (χ4n) is 1.90. The van der Waals surface area contributed by atoms with E-state index in [1.165, 1.54) is 12.5 Å². The second kappa shape index (κ2) is 7.26. The minimum absolute atomic E-state index is 0.176. The lowest BCUT2D eigenvalue weighted by Gasteiger charge is -2.04. The highest BCUT2D eigenvalue weighted by atomic mass is 35.5. The topological polar surface area (TPSA) is 80.7 Å². The van der Waals surface area contributed by atoms with Gasteiger partial charge in [0.1, 0.15) is 12.0 Å². The number of carbonyl (C=O) groups is 1. The standard InChI is InChI=1S/C15H12ClN5OS/c16-10-7-17-9-20-14(10)15(22)19-6-4-13-21-12(8-23-13)11-3-1-2-5-18-11/h1-3,5,7-9H,4,6H2,(H,19,22). The number of nitrogens with zero attached hydrogens (tertiary/aromatic N) is 4. The van der Waals surface area contributed by atoms with E-state index in [4.69, 9.17) is 11.6 Å². The zero-order valence-corrected chi connectivity index (χ0v) is 13.5. The van der Waals surface area contributed by atoms with Crippen molar-refractivity contribution in [3.63, 3.8) is 0 Å². The van der Waals surface area contributed by atoms with E-state index < -0.39 is 0 Å². The molecule has 1 amide bonds. The maximum atomic E-state index is 12.0. The fraction of sp³-hybridized carbons (Fsp3) is 0.133. The van der Waals surface area contributed by atoms with Crippen LogP contribution in [-0.4, -0.2) is 32.4 Å². The summed E-state index contributed by atoms with van der Waals surface area (Å²) in [7, 11) is 0. The molecule has 3 heterocycles. The molecule has 0 saturated carbocycles. The van der Waals surface area contributed by atoms with Crippen molar-refractivity contribution in [1.29, 1.82) is 0 Å². The lowest BCUT2D eigenvalue weighted by Crippen LogP contribution is -2.26. The highest BCUT2D eigenvalue weighted by Crippen LogP contribution is 2.19. The maximum Gasteiger partial charge on any atom is 0.271 e. The molecule has 0 bridgehead atoms. The summed E-state index contributed by atoms with van der Waals surface area (Å²) < 4.78 is 0. The number of aromatic nitrogens is 4. The molecule has 3 rings (SSSR count). The van der Waals surface area contributed by atoms with E-state index >= 15 is 0 Å². The first-order valence-corrected chi connectivity index (χ1v) is 8.09. The first-order chi connectivity index (χ1) is 11.2. The molecule has 8 heteroatoms. The predicted octanol–water partition coefficient (Wildman–Crippen LogP) is 2.62. The number of pyridine rings is 1. The average molecular weight is 346 g/mol. The number of carbonyl (C=O) groups excluding carboxylic acids is 1. The van der Waals surface area contributed by atoms with Gasteiger partial charge in [-0.05, 0) is 12.1 Å². The van der Waals surface area contributed by atoms with E-state index in [0.717, 1.165) is 16.4 Å². The van der Waals surface area contributed by atoms with Crippen molar-refractivity contribution in [3.8, 4) is 11.4 Å². The van der Waals surface area contributed by atoms with Gasteiger partial charge >= 0.3 is 0 Å². The van der Waals surface area contributed by atoms with E-state index in [2.05, 4.69) is 25.3 Å². The summed E-state index contributed by atoms with van der Waals surface area (Å²) in [5, 5.41) is 5.90. The molecule has 23 heavy (non-hydrogen) atoms. The molecule has 0 unspecified atom stereocenters. The zero-order chi connectivity index (χ0) is 16.1. The third-order valence-electron chi connectivity index (χ3n) is 2.99. The van der Waals surface area contributed by atoms with E-state index in [0.29, 0.717) is 13.0 Å². The number of rotatable bonds is 5. The van der Waals surface area contributed by atoms with Crippen LogP contribution in [0, 0.1) is 0 Å². The summed E-state index contributed by atoms with van der Waals surface area (Å²) in [6, 6.07) is 5.70. The van der Waals surface area contributed by atoms with Crippen LogP contribution < -0.4 is 5.32 Å². The molecular formula is C15H12ClN5OS. The molecule has 0 aromatic carbocycles. The Morgan fingerprint density at radius 3 is 2.96 bits per heavy atom. The Balaban J connectivity index is 1.56. The van der Waals surface area contributed by atoms with Crippen LogP contribution in [0.1, 0.15) is 15.5 Å². The van der Waals surface area contributed by atoms with Crippen LogP contribution in [0.4, 0.5) is 0 Å². The van der Waals surface area contributed by atoms with Crippen LogP contribution in [-0.2, 0) is 6.42 Å². The van der Waals surface area contributed by atoms with E-state index in [-0.39, 0.29) is 16.6 Å². The predicted molar refractivity (Wildman–Crippen MR) is 88.4 cm³/mol. The lowest BCUT2D eigenvalue weighted by molar-refractivity contribution is 0.0949. The van der Waals surface area contributed by atoms with E-state index in [1.54, 1.807) is 17.5 Å². The normalized spacial score (nSPS) is 10.5.